The molecule has 1 unspecified atom stereocenters. The third kappa shape index (κ3) is 2.96. The maximum Gasteiger partial charge on any atom is 0.272 e. The fourth-order valence-corrected chi connectivity index (χ4v) is 1.70. The van der Waals surface area contributed by atoms with Crippen LogP contribution in [0.5, 0.6) is 0 Å². The Morgan fingerprint density at radius 1 is 1.64 bits per heavy atom. The van der Waals surface area contributed by atoms with Crippen LogP contribution >= 0.6 is 27.5 Å². The zero-order valence-corrected chi connectivity index (χ0v) is 9.88. The standard InChI is InChI=1S/C9H9BrClNO2/c1-6-2-3-7(5-9(10)11)8(4-6)12(13)14/h2-4,9H,5H2,1H3. The number of rotatable bonds is 3. The van der Waals surface area contributed by atoms with Crippen molar-refractivity contribution in [2.45, 2.75) is 17.6 Å². The van der Waals surface area contributed by atoms with Crippen LogP contribution in [0.3, 0.4) is 0 Å². The summed E-state index contributed by atoms with van der Waals surface area (Å²) in [5.74, 6) is 0. The lowest BCUT2D eigenvalue weighted by molar-refractivity contribution is -0.385. The molecule has 0 fully saturated rings. The normalized spacial score (nSPS) is 12.5. The number of aryl methyl sites for hydroxylation is 1. The largest absolute Gasteiger partial charge is 0.272 e. The summed E-state index contributed by atoms with van der Waals surface area (Å²) >= 11 is 8.88. The first-order valence-electron chi connectivity index (χ1n) is 4.03. The molecule has 5 heteroatoms. The molecule has 1 aromatic rings. The van der Waals surface area contributed by atoms with Gasteiger partial charge in [0.2, 0.25) is 0 Å². The maximum absolute atomic E-state index is 10.7. The Kier molecular flexibility index (Phi) is 3.89. The summed E-state index contributed by atoms with van der Waals surface area (Å²) in [5, 5.41) is 10.7. The summed E-state index contributed by atoms with van der Waals surface area (Å²) in [7, 11) is 0. The Morgan fingerprint density at radius 3 is 2.79 bits per heavy atom. The van der Waals surface area contributed by atoms with Crippen LogP contribution in [0.15, 0.2) is 18.2 Å². The van der Waals surface area contributed by atoms with Crippen molar-refractivity contribution < 1.29 is 4.92 Å². The predicted molar refractivity (Wildman–Crippen MR) is 60.1 cm³/mol. The van der Waals surface area contributed by atoms with E-state index >= 15 is 0 Å². The molecule has 0 aliphatic carbocycles. The molecule has 0 radical (unpaired) electrons. The van der Waals surface area contributed by atoms with E-state index in [1.54, 1.807) is 12.1 Å². The third-order valence-electron chi connectivity index (χ3n) is 1.81. The van der Waals surface area contributed by atoms with Crippen LogP contribution in [0.1, 0.15) is 11.1 Å². The minimum absolute atomic E-state index is 0.134. The van der Waals surface area contributed by atoms with Gasteiger partial charge in [-0.1, -0.05) is 28.1 Å². The van der Waals surface area contributed by atoms with Crippen molar-refractivity contribution in [1.29, 1.82) is 0 Å². The molecule has 0 heterocycles. The second-order valence-corrected chi connectivity index (χ2v) is 5.14. The SMILES string of the molecule is Cc1ccc(CC(Cl)Br)c([N+](=O)[O-])c1. The van der Waals surface area contributed by atoms with Gasteiger partial charge < -0.3 is 0 Å². The number of alkyl halides is 2. The number of hydrogen-bond donors (Lipinski definition) is 0. The monoisotopic (exact) mass is 277 g/mol. The van der Waals surface area contributed by atoms with Crippen LogP contribution in [0.2, 0.25) is 0 Å². The zero-order chi connectivity index (χ0) is 10.7. The molecule has 0 bridgehead atoms. The van der Waals surface area contributed by atoms with E-state index in [9.17, 15) is 10.1 Å². The highest BCUT2D eigenvalue weighted by Gasteiger charge is 2.15. The topological polar surface area (TPSA) is 43.1 Å². The molecule has 0 saturated heterocycles. The van der Waals surface area contributed by atoms with Gasteiger partial charge in [-0.25, -0.2) is 0 Å². The Balaban J connectivity index is 3.08. The average Bonchev–Trinajstić information content (AvgIpc) is 2.07. The molecule has 1 atom stereocenters. The Bertz CT molecular complexity index is 355. The summed E-state index contributed by atoms with van der Waals surface area (Å²) < 4.78 is -0.274. The van der Waals surface area contributed by atoms with Gasteiger partial charge in [0.05, 0.1) is 9.21 Å². The van der Waals surface area contributed by atoms with E-state index < -0.39 is 0 Å². The van der Waals surface area contributed by atoms with E-state index in [4.69, 9.17) is 11.6 Å². The summed E-state index contributed by atoms with van der Waals surface area (Å²) in [6, 6.07) is 5.14. The number of nitro benzene ring substituents is 1. The molecule has 0 amide bonds. The second-order valence-electron chi connectivity index (χ2n) is 2.98. The zero-order valence-electron chi connectivity index (χ0n) is 7.54. The van der Waals surface area contributed by atoms with Crippen molar-refractivity contribution in [2.75, 3.05) is 0 Å². The van der Waals surface area contributed by atoms with Gasteiger partial charge >= 0.3 is 0 Å². The van der Waals surface area contributed by atoms with Crippen molar-refractivity contribution in [3.05, 3.63) is 39.4 Å². The fraction of sp³-hybridized carbons (Fsp3) is 0.333. The molecule has 0 spiro atoms. The van der Waals surface area contributed by atoms with Crippen molar-refractivity contribution in [2.24, 2.45) is 0 Å². The first-order valence-corrected chi connectivity index (χ1v) is 5.38. The van der Waals surface area contributed by atoms with E-state index in [2.05, 4.69) is 15.9 Å². The minimum atomic E-state index is -0.380. The molecule has 1 rings (SSSR count). The van der Waals surface area contributed by atoms with E-state index in [-0.39, 0.29) is 14.9 Å². The average molecular weight is 279 g/mol. The molecule has 14 heavy (non-hydrogen) atoms. The smallest absolute Gasteiger partial charge is 0.258 e. The third-order valence-corrected chi connectivity index (χ3v) is 2.29. The lowest BCUT2D eigenvalue weighted by atomic mass is 10.1. The highest BCUT2D eigenvalue weighted by molar-refractivity contribution is 9.10. The number of hydrogen-bond acceptors (Lipinski definition) is 2. The number of nitro groups is 1. The van der Waals surface area contributed by atoms with Crippen LogP contribution < -0.4 is 0 Å². The van der Waals surface area contributed by atoms with Crippen LogP contribution in [-0.4, -0.2) is 9.21 Å². The van der Waals surface area contributed by atoms with E-state index in [0.29, 0.717) is 12.0 Å². The van der Waals surface area contributed by atoms with E-state index in [1.165, 1.54) is 0 Å². The first-order chi connectivity index (χ1) is 6.50. The molecular formula is C9H9BrClNO2. The summed E-state index contributed by atoms with van der Waals surface area (Å²) in [5.41, 5.74) is 1.66. The Morgan fingerprint density at radius 2 is 2.29 bits per heavy atom. The van der Waals surface area contributed by atoms with Gasteiger partial charge in [0.15, 0.2) is 0 Å². The highest BCUT2D eigenvalue weighted by Crippen LogP contribution is 2.24. The molecule has 0 saturated carbocycles. The number of halogens is 2. The Labute approximate surface area is 95.4 Å². The van der Waals surface area contributed by atoms with Crippen molar-refractivity contribution in [3.63, 3.8) is 0 Å². The van der Waals surface area contributed by atoms with Crippen LogP contribution in [0, 0.1) is 17.0 Å². The van der Waals surface area contributed by atoms with Crippen molar-refractivity contribution in [3.8, 4) is 0 Å². The van der Waals surface area contributed by atoms with Gasteiger partial charge in [-0.3, -0.25) is 10.1 Å². The number of benzene rings is 1. The first kappa shape index (κ1) is 11.5. The van der Waals surface area contributed by atoms with Gasteiger partial charge in [0.1, 0.15) is 0 Å². The van der Waals surface area contributed by atoms with Gasteiger partial charge in [-0.15, -0.1) is 11.6 Å². The molecule has 1 aromatic carbocycles. The minimum Gasteiger partial charge on any atom is -0.258 e. The second kappa shape index (κ2) is 4.75. The van der Waals surface area contributed by atoms with Gasteiger partial charge in [-0.05, 0) is 12.5 Å². The highest BCUT2D eigenvalue weighted by atomic mass is 79.9. The molecule has 0 aliphatic heterocycles. The van der Waals surface area contributed by atoms with Crippen molar-refractivity contribution >= 4 is 33.2 Å². The summed E-state index contributed by atoms with van der Waals surface area (Å²) in [6.45, 7) is 1.82. The molecule has 76 valence electrons. The van der Waals surface area contributed by atoms with Crippen molar-refractivity contribution in [1.82, 2.24) is 0 Å². The molecule has 3 nitrogen and oxygen atoms in total. The predicted octanol–water partition coefficient (Wildman–Crippen LogP) is 3.41. The summed E-state index contributed by atoms with van der Waals surface area (Å²) in [6.07, 6.45) is 0.443. The molecule has 0 aliphatic rings. The maximum atomic E-state index is 10.7. The van der Waals surface area contributed by atoms with E-state index in [0.717, 1.165) is 5.56 Å². The van der Waals surface area contributed by atoms with Crippen LogP contribution in [0.25, 0.3) is 0 Å². The quantitative estimate of drug-likeness (QED) is 0.483. The number of nitrogens with zero attached hydrogens (tertiary/aromatic N) is 1. The summed E-state index contributed by atoms with van der Waals surface area (Å²) in [4.78, 5) is 10.3. The van der Waals surface area contributed by atoms with Gasteiger partial charge in [0, 0.05) is 18.1 Å². The van der Waals surface area contributed by atoms with Crippen LogP contribution in [0.4, 0.5) is 5.69 Å². The van der Waals surface area contributed by atoms with Gasteiger partial charge in [-0.2, -0.15) is 0 Å². The van der Waals surface area contributed by atoms with Crippen LogP contribution in [-0.2, 0) is 6.42 Å². The van der Waals surface area contributed by atoms with Gasteiger partial charge in [0.25, 0.3) is 5.69 Å². The molecule has 0 N–H and O–H groups in total. The molecular weight excluding hydrogens is 269 g/mol. The lowest BCUT2D eigenvalue weighted by Crippen LogP contribution is -2.00. The molecule has 0 aromatic heterocycles. The lowest BCUT2D eigenvalue weighted by Gasteiger charge is -2.04. The fourth-order valence-electron chi connectivity index (χ4n) is 1.18. The Hall–Kier alpha value is -0.610. The van der Waals surface area contributed by atoms with E-state index in [1.807, 2.05) is 13.0 Å².